The number of nitrogens with one attached hydrogen (secondary N) is 1. The molecule has 0 heterocycles. The number of aliphatic hydroxyl groups is 1. The van der Waals surface area contributed by atoms with Crippen LogP contribution in [0.25, 0.3) is 0 Å². The summed E-state index contributed by atoms with van der Waals surface area (Å²) in [4.78, 5) is 0. The summed E-state index contributed by atoms with van der Waals surface area (Å²) in [6.07, 6.45) is 4.03. The first-order valence-electron chi connectivity index (χ1n) is 6.59. The molecule has 3 nitrogen and oxygen atoms in total. The molecule has 19 heavy (non-hydrogen) atoms. The fourth-order valence-corrected chi connectivity index (χ4v) is 3.21. The van der Waals surface area contributed by atoms with Gasteiger partial charge in [-0.2, -0.15) is 0 Å². The molecular formula is C14H20Cl2N2O. The summed E-state index contributed by atoms with van der Waals surface area (Å²) in [7, 11) is 0. The Morgan fingerprint density at radius 2 is 1.84 bits per heavy atom. The second kappa shape index (κ2) is 5.78. The lowest BCUT2D eigenvalue weighted by molar-refractivity contribution is 0.155. The molecule has 0 aliphatic heterocycles. The Morgan fingerprint density at radius 1 is 1.32 bits per heavy atom. The second-order valence-corrected chi connectivity index (χ2v) is 6.42. The van der Waals surface area contributed by atoms with Crippen molar-refractivity contribution >= 4 is 34.6 Å². The number of rotatable bonds is 3. The van der Waals surface area contributed by atoms with Gasteiger partial charge in [-0.3, -0.25) is 0 Å². The molecule has 5 heteroatoms. The van der Waals surface area contributed by atoms with Crippen molar-refractivity contribution in [3.63, 3.8) is 0 Å². The zero-order valence-corrected chi connectivity index (χ0v) is 12.6. The Kier molecular flexibility index (Phi) is 4.49. The highest BCUT2D eigenvalue weighted by Crippen LogP contribution is 2.39. The maximum Gasteiger partial charge on any atom is 0.0725 e. The molecule has 0 radical (unpaired) electrons. The van der Waals surface area contributed by atoms with Crippen LogP contribution in [0, 0.1) is 5.92 Å². The fourth-order valence-electron chi connectivity index (χ4n) is 2.61. The molecular weight excluding hydrogens is 283 g/mol. The molecule has 0 amide bonds. The summed E-state index contributed by atoms with van der Waals surface area (Å²) >= 11 is 12.4. The fraction of sp³-hybridized carbons (Fsp3) is 0.571. The molecule has 0 unspecified atom stereocenters. The predicted molar refractivity (Wildman–Crippen MR) is 81.9 cm³/mol. The first-order chi connectivity index (χ1) is 8.96. The maximum atomic E-state index is 9.75. The number of benzene rings is 1. The first kappa shape index (κ1) is 14.8. The van der Waals surface area contributed by atoms with E-state index in [-0.39, 0.29) is 12.1 Å². The highest BCUT2D eigenvalue weighted by Gasteiger charge is 2.34. The van der Waals surface area contributed by atoms with E-state index < -0.39 is 0 Å². The quantitative estimate of drug-likeness (QED) is 0.742. The molecule has 0 bridgehead atoms. The van der Waals surface area contributed by atoms with Gasteiger partial charge in [-0.1, -0.05) is 30.1 Å². The average molecular weight is 303 g/mol. The van der Waals surface area contributed by atoms with Crippen molar-refractivity contribution in [3.8, 4) is 0 Å². The van der Waals surface area contributed by atoms with Gasteiger partial charge in [0.15, 0.2) is 0 Å². The Balaban J connectivity index is 2.24. The minimum atomic E-state index is -0.324. The highest BCUT2D eigenvalue weighted by atomic mass is 35.5. The zero-order chi connectivity index (χ0) is 14.0. The predicted octanol–water partition coefficient (Wildman–Crippen LogP) is 3.93. The van der Waals surface area contributed by atoms with Gasteiger partial charge < -0.3 is 16.2 Å². The van der Waals surface area contributed by atoms with Gasteiger partial charge in [-0.25, -0.2) is 0 Å². The number of nitrogens with two attached hydrogens (primary N) is 1. The van der Waals surface area contributed by atoms with E-state index in [2.05, 4.69) is 12.2 Å². The summed E-state index contributed by atoms with van der Waals surface area (Å²) in [5, 5.41) is 14.1. The molecule has 1 fully saturated rings. The van der Waals surface area contributed by atoms with Crippen molar-refractivity contribution in [1.29, 1.82) is 0 Å². The van der Waals surface area contributed by atoms with Crippen molar-refractivity contribution < 1.29 is 5.11 Å². The van der Waals surface area contributed by atoms with Crippen molar-refractivity contribution in [3.05, 3.63) is 22.2 Å². The van der Waals surface area contributed by atoms with Crippen LogP contribution in [0.2, 0.25) is 10.0 Å². The summed E-state index contributed by atoms with van der Waals surface area (Å²) in [5.41, 5.74) is 6.58. The van der Waals surface area contributed by atoms with Gasteiger partial charge in [0.05, 0.1) is 27.9 Å². The van der Waals surface area contributed by atoms with Gasteiger partial charge in [-0.05, 0) is 43.7 Å². The number of hydrogen-bond acceptors (Lipinski definition) is 3. The minimum absolute atomic E-state index is 0.0801. The van der Waals surface area contributed by atoms with Crippen LogP contribution in [0.1, 0.15) is 32.6 Å². The molecule has 0 aromatic heterocycles. The molecule has 2 rings (SSSR count). The lowest BCUT2D eigenvalue weighted by Gasteiger charge is -2.40. The normalized spacial score (nSPS) is 27.3. The Bertz CT molecular complexity index is 434. The van der Waals surface area contributed by atoms with Crippen molar-refractivity contribution in [2.75, 3.05) is 17.7 Å². The van der Waals surface area contributed by atoms with Crippen LogP contribution < -0.4 is 11.1 Å². The molecule has 1 aromatic rings. The third-order valence-corrected chi connectivity index (χ3v) is 4.58. The van der Waals surface area contributed by atoms with E-state index in [0.29, 0.717) is 27.3 Å². The largest absolute Gasteiger partial charge is 0.399 e. The van der Waals surface area contributed by atoms with E-state index in [0.717, 1.165) is 25.7 Å². The van der Waals surface area contributed by atoms with Gasteiger partial charge in [0, 0.05) is 5.69 Å². The monoisotopic (exact) mass is 302 g/mol. The number of aliphatic hydroxyl groups excluding tert-OH is 1. The van der Waals surface area contributed by atoms with E-state index in [1.54, 1.807) is 12.1 Å². The number of anilines is 2. The lowest BCUT2D eigenvalue weighted by Crippen LogP contribution is -2.45. The summed E-state index contributed by atoms with van der Waals surface area (Å²) in [5.74, 6) is 0.707. The van der Waals surface area contributed by atoms with Gasteiger partial charge in [-0.15, -0.1) is 0 Å². The molecule has 1 aromatic carbocycles. The van der Waals surface area contributed by atoms with Crippen molar-refractivity contribution in [2.24, 2.45) is 5.92 Å². The standard InChI is InChI=1S/C14H20Cl2N2O/c1-9-2-4-14(8-19,5-3-9)18-13-11(15)6-10(17)7-12(13)16/h6-7,9,18-19H,2-5,8,17H2,1H3. The first-order valence-corrected chi connectivity index (χ1v) is 7.35. The second-order valence-electron chi connectivity index (χ2n) is 5.61. The zero-order valence-electron chi connectivity index (χ0n) is 11.0. The van der Waals surface area contributed by atoms with Gasteiger partial charge in [0.2, 0.25) is 0 Å². The van der Waals surface area contributed by atoms with E-state index in [9.17, 15) is 5.11 Å². The molecule has 0 spiro atoms. The van der Waals surface area contributed by atoms with Crippen LogP contribution in [-0.4, -0.2) is 17.3 Å². The smallest absolute Gasteiger partial charge is 0.0725 e. The van der Waals surface area contributed by atoms with E-state index in [4.69, 9.17) is 28.9 Å². The minimum Gasteiger partial charge on any atom is -0.399 e. The van der Waals surface area contributed by atoms with Gasteiger partial charge >= 0.3 is 0 Å². The van der Waals surface area contributed by atoms with E-state index >= 15 is 0 Å². The van der Waals surface area contributed by atoms with Gasteiger partial charge in [0.25, 0.3) is 0 Å². The van der Waals surface area contributed by atoms with Gasteiger partial charge in [0.1, 0.15) is 0 Å². The Morgan fingerprint density at radius 3 is 2.32 bits per heavy atom. The van der Waals surface area contributed by atoms with Crippen LogP contribution in [0.15, 0.2) is 12.1 Å². The highest BCUT2D eigenvalue weighted by molar-refractivity contribution is 6.39. The summed E-state index contributed by atoms with van der Waals surface area (Å²) in [6, 6.07) is 3.35. The average Bonchev–Trinajstić information content (AvgIpc) is 2.36. The Hall–Kier alpha value is -0.640. The number of halogens is 2. The van der Waals surface area contributed by atoms with Crippen LogP contribution in [-0.2, 0) is 0 Å². The molecule has 106 valence electrons. The molecule has 0 atom stereocenters. The van der Waals surface area contributed by atoms with E-state index in [1.807, 2.05) is 0 Å². The lowest BCUT2D eigenvalue weighted by atomic mass is 9.77. The van der Waals surface area contributed by atoms with Crippen LogP contribution in [0.4, 0.5) is 11.4 Å². The van der Waals surface area contributed by atoms with Crippen LogP contribution >= 0.6 is 23.2 Å². The SMILES string of the molecule is CC1CCC(CO)(Nc2c(Cl)cc(N)cc2Cl)CC1. The maximum absolute atomic E-state index is 9.75. The number of hydrogen-bond donors (Lipinski definition) is 3. The third kappa shape index (κ3) is 3.28. The van der Waals surface area contributed by atoms with Crippen molar-refractivity contribution in [2.45, 2.75) is 38.1 Å². The molecule has 1 aliphatic carbocycles. The topological polar surface area (TPSA) is 58.3 Å². The van der Waals surface area contributed by atoms with E-state index in [1.165, 1.54) is 0 Å². The third-order valence-electron chi connectivity index (χ3n) is 3.99. The molecule has 1 saturated carbocycles. The van der Waals surface area contributed by atoms with Crippen LogP contribution in [0.5, 0.6) is 0 Å². The molecule has 4 N–H and O–H groups in total. The molecule has 0 saturated heterocycles. The van der Waals surface area contributed by atoms with Crippen LogP contribution in [0.3, 0.4) is 0 Å². The summed E-state index contributed by atoms with van der Waals surface area (Å²) < 4.78 is 0. The Labute approximate surface area is 124 Å². The number of nitrogen functional groups attached to an aromatic ring is 1. The summed E-state index contributed by atoms with van der Waals surface area (Å²) in [6.45, 7) is 2.32. The molecule has 1 aliphatic rings. The van der Waals surface area contributed by atoms with Crippen molar-refractivity contribution in [1.82, 2.24) is 0 Å².